The van der Waals surface area contributed by atoms with Crippen LogP contribution in [0.4, 0.5) is 0 Å². The van der Waals surface area contributed by atoms with Gasteiger partial charge in [0.25, 0.3) is 5.91 Å². The lowest BCUT2D eigenvalue weighted by Gasteiger charge is -2.11. The smallest absolute Gasteiger partial charge is 0.259 e. The number of para-hydroxylation sites is 1. The summed E-state index contributed by atoms with van der Waals surface area (Å²) in [6, 6.07) is 5.70. The summed E-state index contributed by atoms with van der Waals surface area (Å²) < 4.78 is 6.52. The molecule has 0 radical (unpaired) electrons. The predicted octanol–water partition coefficient (Wildman–Crippen LogP) is 1.76. The summed E-state index contributed by atoms with van der Waals surface area (Å²) in [7, 11) is 3.41. The second kappa shape index (κ2) is 4.49. The van der Waals surface area contributed by atoms with E-state index in [0.717, 1.165) is 10.2 Å². The summed E-state index contributed by atoms with van der Waals surface area (Å²) in [6.07, 6.45) is 0. The van der Waals surface area contributed by atoms with Crippen molar-refractivity contribution in [1.29, 1.82) is 0 Å². The van der Waals surface area contributed by atoms with Crippen molar-refractivity contribution in [1.82, 2.24) is 9.88 Å². The van der Waals surface area contributed by atoms with Crippen LogP contribution in [0.1, 0.15) is 0 Å². The van der Waals surface area contributed by atoms with Crippen molar-refractivity contribution in [2.24, 2.45) is 0 Å². The van der Waals surface area contributed by atoms with Crippen LogP contribution >= 0.6 is 11.3 Å². The summed E-state index contributed by atoms with van der Waals surface area (Å²) in [5.41, 5.74) is 2.59. The number of benzene rings is 1. The Kier molecular flexibility index (Phi) is 3.05. The first-order chi connectivity index (χ1) is 7.68. The Morgan fingerprint density at radius 1 is 1.50 bits per heavy atom. The van der Waals surface area contributed by atoms with E-state index in [0.29, 0.717) is 5.75 Å². The normalized spacial score (nSPS) is 10.4. The van der Waals surface area contributed by atoms with Crippen LogP contribution in [0.15, 0.2) is 23.7 Å². The monoisotopic (exact) mass is 236 g/mol. The molecule has 2 rings (SSSR count). The molecule has 5 heteroatoms. The zero-order chi connectivity index (χ0) is 11.5. The van der Waals surface area contributed by atoms with Gasteiger partial charge in [-0.1, -0.05) is 6.07 Å². The molecular weight excluding hydrogens is 224 g/mol. The van der Waals surface area contributed by atoms with Gasteiger partial charge in [0.1, 0.15) is 11.3 Å². The van der Waals surface area contributed by atoms with Crippen LogP contribution in [0.3, 0.4) is 0 Å². The molecule has 0 aliphatic carbocycles. The molecule has 4 nitrogen and oxygen atoms in total. The lowest BCUT2D eigenvalue weighted by molar-refractivity contribution is -0.130. The molecule has 0 atom stereocenters. The van der Waals surface area contributed by atoms with Crippen molar-refractivity contribution in [2.75, 3.05) is 20.7 Å². The lowest BCUT2D eigenvalue weighted by Crippen LogP contribution is -2.27. The lowest BCUT2D eigenvalue weighted by atomic mass is 10.3. The highest BCUT2D eigenvalue weighted by molar-refractivity contribution is 7.16. The van der Waals surface area contributed by atoms with E-state index in [1.54, 1.807) is 30.9 Å². The van der Waals surface area contributed by atoms with Gasteiger partial charge < -0.3 is 9.64 Å². The highest BCUT2D eigenvalue weighted by Gasteiger charge is 2.08. The first-order valence-electron chi connectivity index (χ1n) is 4.83. The number of fused-ring (bicyclic) bond motifs is 1. The van der Waals surface area contributed by atoms with Crippen molar-refractivity contribution in [3.63, 3.8) is 0 Å². The van der Waals surface area contributed by atoms with E-state index in [4.69, 9.17) is 4.74 Å². The SMILES string of the molecule is CN(C)C(=O)COc1cccc2scnc12. The van der Waals surface area contributed by atoms with E-state index < -0.39 is 0 Å². The Bertz CT molecular complexity index is 507. The van der Waals surface area contributed by atoms with Crippen LogP contribution in [0.5, 0.6) is 5.75 Å². The third-order valence-electron chi connectivity index (χ3n) is 2.17. The number of amides is 1. The van der Waals surface area contributed by atoms with Gasteiger partial charge in [0.15, 0.2) is 6.61 Å². The number of thiazole rings is 1. The van der Waals surface area contributed by atoms with Crippen molar-refractivity contribution in [2.45, 2.75) is 0 Å². The molecule has 0 saturated heterocycles. The van der Waals surface area contributed by atoms with Crippen LogP contribution in [0.2, 0.25) is 0 Å². The van der Waals surface area contributed by atoms with Crippen molar-refractivity contribution >= 4 is 27.5 Å². The number of likely N-dealkylation sites (N-methyl/N-ethyl adjacent to an activating group) is 1. The maximum Gasteiger partial charge on any atom is 0.259 e. The average Bonchev–Trinajstić information content (AvgIpc) is 2.73. The molecule has 0 saturated carbocycles. The number of carbonyl (C=O) groups is 1. The van der Waals surface area contributed by atoms with Gasteiger partial charge in [-0.25, -0.2) is 4.98 Å². The third kappa shape index (κ3) is 2.14. The number of aromatic nitrogens is 1. The quantitative estimate of drug-likeness (QED) is 0.815. The number of hydrogen-bond donors (Lipinski definition) is 0. The first kappa shape index (κ1) is 10.9. The molecule has 0 aliphatic rings. The number of ether oxygens (including phenoxy) is 1. The molecule has 0 aliphatic heterocycles. The first-order valence-corrected chi connectivity index (χ1v) is 5.71. The molecule has 0 bridgehead atoms. The van der Waals surface area contributed by atoms with E-state index in [2.05, 4.69) is 4.98 Å². The van der Waals surface area contributed by atoms with E-state index in [1.165, 1.54) is 4.90 Å². The standard InChI is InChI=1S/C11H12N2O2S/c1-13(2)10(14)6-15-8-4-3-5-9-11(8)12-7-16-9/h3-5,7H,6H2,1-2H3. The van der Waals surface area contributed by atoms with Crippen LogP contribution < -0.4 is 4.74 Å². The molecule has 0 N–H and O–H groups in total. The molecule has 1 amide bonds. The summed E-state index contributed by atoms with van der Waals surface area (Å²) in [6.45, 7) is 0.0453. The fraction of sp³-hybridized carbons (Fsp3) is 0.273. The molecular formula is C11H12N2O2S. The zero-order valence-corrected chi connectivity index (χ0v) is 9.95. The maximum atomic E-state index is 11.4. The van der Waals surface area contributed by atoms with Gasteiger partial charge in [-0.2, -0.15) is 0 Å². The van der Waals surface area contributed by atoms with Crippen LogP contribution in [-0.4, -0.2) is 36.5 Å². The second-order valence-electron chi connectivity index (χ2n) is 3.53. The average molecular weight is 236 g/mol. The molecule has 0 spiro atoms. The van der Waals surface area contributed by atoms with Gasteiger partial charge in [-0.15, -0.1) is 11.3 Å². The topological polar surface area (TPSA) is 42.4 Å². The third-order valence-corrected chi connectivity index (χ3v) is 2.97. The fourth-order valence-corrected chi connectivity index (χ4v) is 1.94. The molecule has 1 aromatic heterocycles. The van der Waals surface area contributed by atoms with E-state index in [1.807, 2.05) is 18.2 Å². The highest BCUT2D eigenvalue weighted by Crippen LogP contribution is 2.26. The van der Waals surface area contributed by atoms with E-state index in [-0.39, 0.29) is 12.5 Å². The van der Waals surface area contributed by atoms with E-state index in [9.17, 15) is 4.79 Å². The molecule has 1 heterocycles. The van der Waals surface area contributed by atoms with Gasteiger partial charge in [-0.3, -0.25) is 4.79 Å². The fourth-order valence-electron chi connectivity index (χ4n) is 1.25. The zero-order valence-electron chi connectivity index (χ0n) is 9.14. The molecule has 2 aromatic rings. The molecule has 0 unspecified atom stereocenters. The van der Waals surface area contributed by atoms with E-state index >= 15 is 0 Å². The number of carbonyl (C=O) groups excluding carboxylic acids is 1. The molecule has 1 aromatic carbocycles. The number of hydrogen-bond acceptors (Lipinski definition) is 4. The van der Waals surface area contributed by atoms with Crippen LogP contribution in [-0.2, 0) is 4.79 Å². The maximum absolute atomic E-state index is 11.4. The number of nitrogens with zero attached hydrogens (tertiary/aromatic N) is 2. The summed E-state index contributed by atoms with van der Waals surface area (Å²) >= 11 is 1.56. The largest absolute Gasteiger partial charge is 0.481 e. The predicted molar refractivity (Wildman–Crippen MR) is 63.8 cm³/mol. The summed E-state index contributed by atoms with van der Waals surface area (Å²) in [5.74, 6) is 0.598. The van der Waals surface area contributed by atoms with Gasteiger partial charge in [0.05, 0.1) is 10.2 Å². The van der Waals surface area contributed by atoms with Gasteiger partial charge in [0, 0.05) is 14.1 Å². The molecule has 16 heavy (non-hydrogen) atoms. The molecule has 84 valence electrons. The Morgan fingerprint density at radius 3 is 3.06 bits per heavy atom. The molecule has 0 fully saturated rings. The Hall–Kier alpha value is -1.62. The van der Waals surface area contributed by atoms with Crippen LogP contribution in [0, 0.1) is 0 Å². The minimum absolute atomic E-state index is 0.0453. The minimum atomic E-state index is -0.0627. The van der Waals surface area contributed by atoms with Crippen molar-refractivity contribution in [3.05, 3.63) is 23.7 Å². The van der Waals surface area contributed by atoms with Gasteiger partial charge >= 0.3 is 0 Å². The summed E-state index contributed by atoms with van der Waals surface area (Å²) in [4.78, 5) is 17.1. The minimum Gasteiger partial charge on any atom is -0.481 e. The van der Waals surface area contributed by atoms with Gasteiger partial charge in [0.2, 0.25) is 0 Å². The number of rotatable bonds is 3. The Balaban J connectivity index is 2.15. The Labute approximate surface area is 97.5 Å². The van der Waals surface area contributed by atoms with Crippen LogP contribution in [0.25, 0.3) is 10.2 Å². The highest BCUT2D eigenvalue weighted by atomic mass is 32.1. The van der Waals surface area contributed by atoms with Gasteiger partial charge in [-0.05, 0) is 12.1 Å². The Morgan fingerprint density at radius 2 is 2.31 bits per heavy atom. The van der Waals surface area contributed by atoms with Crippen molar-refractivity contribution in [3.8, 4) is 5.75 Å². The second-order valence-corrected chi connectivity index (χ2v) is 4.42. The van der Waals surface area contributed by atoms with Crippen molar-refractivity contribution < 1.29 is 9.53 Å². The summed E-state index contributed by atoms with van der Waals surface area (Å²) in [5, 5.41) is 0.